The highest BCUT2D eigenvalue weighted by Gasteiger charge is 2.11. The summed E-state index contributed by atoms with van der Waals surface area (Å²) in [6, 6.07) is 0.136. The first kappa shape index (κ1) is 14.9. The first-order chi connectivity index (χ1) is 7.47. The predicted molar refractivity (Wildman–Crippen MR) is 62.0 cm³/mol. The van der Waals surface area contributed by atoms with Gasteiger partial charge < -0.3 is 15.0 Å². The number of methoxy groups -OCH3 is 1. The third-order valence-electron chi connectivity index (χ3n) is 2.07. The van der Waals surface area contributed by atoms with Crippen molar-refractivity contribution in [3.8, 4) is 0 Å². The van der Waals surface area contributed by atoms with Crippen molar-refractivity contribution in [2.75, 3.05) is 26.8 Å². The number of nitrogens with one attached hydrogen (secondary N) is 1. The monoisotopic (exact) mass is 230 g/mol. The molecule has 0 bridgehead atoms. The summed E-state index contributed by atoms with van der Waals surface area (Å²) in [5, 5.41) is 2.78. The van der Waals surface area contributed by atoms with Crippen LogP contribution in [0.2, 0.25) is 0 Å². The maximum atomic E-state index is 11.4. The van der Waals surface area contributed by atoms with Crippen molar-refractivity contribution >= 4 is 11.8 Å². The lowest BCUT2D eigenvalue weighted by molar-refractivity contribution is -0.130. The van der Waals surface area contributed by atoms with Gasteiger partial charge in [-0.3, -0.25) is 9.59 Å². The van der Waals surface area contributed by atoms with Gasteiger partial charge in [-0.1, -0.05) is 0 Å². The summed E-state index contributed by atoms with van der Waals surface area (Å²) in [7, 11) is 1.59. The van der Waals surface area contributed by atoms with Gasteiger partial charge in [-0.2, -0.15) is 0 Å². The molecule has 94 valence electrons. The van der Waals surface area contributed by atoms with E-state index >= 15 is 0 Å². The molecule has 0 unspecified atom stereocenters. The zero-order valence-corrected chi connectivity index (χ0v) is 10.6. The van der Waals surface area contributed by atoms with Crippen molar-refractivity contribution < 1.29 is 14.3 Å². The fourth-order valence-electron chi connectivity index (χ4n) is 1.26. The Morgan fingerprint density at radius 3 is 2.38 bits per heavy atom. The van der Waals surface area contributed by atoms with Gasteiger partial charge in [0, 0.05) is 39.6 Å². The maximum absolute atomic E-state index is 11.4. The molecule has 0 aliphatic heterocycles. The number of amides is 2. The zero-order valence-electron chi connectivity index (χ0n) is 10.6. The minimum absolute atomic E-state index is 0.0290. The van der Waals surface area contributed by atoms with E-state index in [0.29, 0.717) is 26.1 Å². The van der Waals surface area contributed by atoms with E-state index in [-0.39, 0.29) is 17.9 Å². The molecular formula is C11H22N2O3. The third kappa shape index (κ3) is 7.23. The molecule has 0 rings (SSSR count). The van der Waals surface area contributed by atoms with Crippen molar-refractivity contribution in [1.82, 2.24) is 10.2 Å². The number of hydrogen-bond donors (Lipinski definition) is 1. The molecule has 5 nitrogen and oxygen atoms in total. The Bertz CT molecular complexity index is 229. The average Bonchev–Trinajstić information content (AvgIpc) is 2.16. The molecule has 0 atom stereocenters. The van der Waals surface area contributed by atoms with Gasteiger partial charge in [-0.05, 0) is 13.8 Å². The highest BCUT2D eigenvalue weighted by atomic mass is 16.5. The highest BCUT2D eigenvalue weighted by molar-refractivity contribution is 5.78. The summed E-state index contributed by atoms with van der Waals surface area (Å²) in [6.07, 6.45) is 0.335. The van der Waals surface area contributed by atoms with Crippen LogP contribution in [0.1, 0.15) is 27.2 Å². The van der Waals surface area contributed by atoms with E-state index in [4.69, 9.17) is 4.74 Å². The van der Waals surface area contributed by atoms with Gasteiger partial charge in [-0.25, -0.2) is 0 Å². The molecule has 0 fully saturated rings. The quantitative estimate of drug-likeness (QED) is 0.688. The molecule has 1 N–H and O–H groups in total. The second kappa shape index (κ2) is 8.10. The maximum Gasteiger partial charge on any atom is 0.221 e. The van der Waals surface area contributed by atoms with Crippen LogP contribution in [-0.4, -0.2) is 49.6 Å². The first-order valence-corrected chi connectivity index (χ1v) is 5.51. The molecule has 0 aliphatic carbocycles. The van der Waals surface area contributed by atoms with Crippen LogP contribution in [0, 0.1) is 0 Å². The zero-order chi connectivity index (χ0) is 12.6. The van der Waals surface area contributed by atoms with Crippen LogP contribution >= 0.6 is 0 Å². The number of rotatable bonds is 7. The molecule has 0 saturated heterocycles. The topological polar surface area (TPSA) is 58.6 Å². The van der Waals surface area contributed by atoms with E-state index < -0.39 is 0 Å². The SMILES string of the molecule is COCCN(CCC(=O)NC(C)C)C(C)=O. The largest absolute Gasteiger partial charge is 0.383 e. The smallest absolute Gasteiger partial charge is 0.221 e. The number of carbonyl (C=O) groups excluding carboxylic acids is 2. The summed E-state index contributed by atoms with van der Waals surface area (Å²) in [6.45, 7) is 6.77. The van der Waals surface area contributed by atoms with Gasteiger partial charge in [0.15, 0.2) is 0 Å². The van der Waals surface area contributed by atoms with Crippen LogP contribution in [0.3, 0.4) is 0 Å². The fourth-order valence-corrected chi connectivity index (χ4v) is 1.26. The second-order valence-corrected chi connectivity index (χ2v) is 3.97. The number of ether oxygens (including phenoxy) is 1. The molecule has 2 amide bonds. The molecule has 0 aromatic carbocycles. The van der Waals surface area contributed by atoms with Crippen LogP contribution in [-0.2, 0) is 14.3 Å². The second-order valence-electron chi connectivity index (χ2n) is 3.97. The van der Waals surface area contributed by atoms with Crippen molar-refractivity contribution in [3.63, 3.8) is 0 Å². The van der Waals surface area contributed by atoms with E-state index in [1.54, 1.807) is 12.0 Å². The molecule has 0 saturated carbocycles. The van der Waals surface area contributed by atoms with Gasteiger partial charge in [-0.15, -0.1) is 0 Å². The summed E-state index contributed by atoms with van der Waals surface area (Å²) >= 11 is 0. The molecule has 0 heterocycles. The molecular weight excluding hydrogens is 208 g/mol. The van der Waals surface area contributed by atoms with E-state index in [0.717, 1.165) is 0 Å². The normalized spacial score (nSPS) is 10.3. The number of carbonyl (C=O) groups is 2. The number of nitrogens with zero attached hydrogens (tertiary/aromatic N) is 1. The fraction of sp³-hybridized carbons (Fsp3) is 0.818. The van der Waals surface area contributed by atoms with E-state index in [9.17, 15) is 9.59 Å². The van der Waals surface area contributed by atoms with Crippen molar-refractivity contribution in [2.45, 2.75) is 33.2 Å². The van der Waals surface area contributed by atoms with Crippen LogP contribution in [0.4, 0.5) is 0 Å². The van der Waals surface area contributed by atoms with Crippen LogP contribution in [0.15, 0.2) is 0 Å². The summed E-state index contributed by atoms with van der Waals surface area (Å²) in [5.41, 5.74) is 0. The molecule has 0 aromatic rings. The molecule has 16 heavy (non-hydrogen) atoms. The lowest BCUT2D eigenvalue weighted by Crippen LogP contribution is -2.37. The van der Waals surface area contributed by atoms with Gasteiger partial charge >= 0.3 is 0 Å². The Morgan fingerprint density at radius 2 is 1.94 bits per heavy atom. The summed E-state index contributed by atoms with van der Waals surface area (Å²) in [5.74, 6) is -0.0620. The molecule has 0 aromatic heterocycles. The summed E-state index contributed by atoms with van der Waals surface area (Å²) < 4.78 is 4.90. The molecule has 0 radical (unpaired) electrons. The van der Waals surface area contributed by atoms with Crippen molar-refractivity contribution in [2.24, 2.45) is 0 Å². The van der Waals surface area contributed by atoms with Crippen LogP contribution in [0.25, 0.3) is 0 Å². The van der Waals surface area contributed by atoms with Gasteiger partial charge in [0.2, 0.25) is 11.8 Å². The van der Waals surface area contributed by atoms with Gasteiger partial charge in [0.1, 0.15) is 0 Å². The Labute approximate surface area is 97.1 Å². The third-order valence-corrected chi connectivity index (χ3v) is 2.07. The minimum atomic E-state index is -0.0330. The van der Waals surface area contributed by atoms with Crippen LogP contribution < -0.4 is 5.32 Å². The van der Waals surface area contributed by atoms with E-state index in [1.807, 2.05) is 13.8 Å². The molecule has 0 spiro atoms. The highest BCUT2D eigenvalue weighted by Crippen LogP contribution is 1.94. The van der Waals surface area contributed by atoms with E-state index in [1.165, 1.54) is 6.92 Å². The van der Waals surface area contributed by atoms with Crippen LogP contribution in [0.5, 0.6) is 0 Å². The Hall–Kier alpha value is -1.10. The molecule has 5 heteroatoms. The molecule has 0 aliphatic rings. The Balaban J connectivity index is 3.92. The number of hydrogen-bond acceptors (Lipinski definition) is 3. The van der Waals surface area contributed by atoms with Gasteiger partial charge in [0.05, 0.1) is 6.61 Å². The first-order valence-electron chi connectivity index (χ1n) is 5.51. The predicted octanol–water partition coefficient (Wildman–Crippen LogP) is 0.396. The standard InChI is InChI=1S/C11H22N2O3/c1-9(2)12-11(15)5-6-13(10(3)14)7-8-16-4/h9H,5-8H2,1-4H3,(H,12,15). The van der Waals surface area contributed by atoms with Gasteiger partial charge in [0.25, 0.3) is 0 Å². The van der Waals surface area contributed by atoms with Crippen molar-refractivity contribution in [1.29, 1.82) is 0 Å². The van der Waals surface area contributed by atoms with E-state index in [2.05, 4.69) is 5.32 Å². The van der Waals surface area contributed by atoms with Crippen molar-refractivity contribution in [3.05, 3.63) is 0 Å². The lowest BCUT2D eigenvalue weighted by Gasteiger charge is -2.20. The minimum Gasteiger partial charge on any atom is -0.383 e. The average molecular weight is 230 g/mol. The lowest BCUT2D eigenvalue weighted by atomic mass is 10.3. The Kier molecular flexibility index (Phi) is 7.54. The Morgan fingerprint density at radius 1 is 1.31 bits per heavy atom. The summed E-state index contributed by atoms with van der Waals surface area (Å²) in [4.78, 5) is 24.2.